The average Bonchev–Trinajstić information content (AvgIpc) is 2.95. The lowest BCUT2D eigenvalue weighted by atomic mass is 10.2. The van der Waals surface area contributed by atoms with Crippen LogP contribution in [0.2, 0.25) is 0 Å². The normalized spacial score (nSPS) is 10.2. The highest BCUT2D eigenvalue weighted by Gasteiger charge is 2.10. The molecule has 0 spiro atoms. The molecule has 0 radical (unpaired) electrons. The van der Waals surface area contributed by atoms with Crippen molar-refractivity contribution >= 4 is 11.9 Å². The summed E-state index contributed by atoms with van der Waals surface area (Å²) in [6.45, 7) is 2.73. The van der Waals surface area contributed by atoms with E-state index in [1.54, 1.807) is 0 Å². The minimum atomic E-state index is -1.18. The summed E-state index contributed by atoms with van der Waals surface area (Å²) in [5.74, 6) is -0.723. The van der Waals surface area contributed by atoms with Crippen molar-refractivity contribution in [3.8, 4) is 5.75 Å². The number of aromatic carboxylic acids is 1. The number of amides is 1. The molecule has 0 bridgehead atoms. The van der Waals surface area contributed by atoms with Crippen LogP contribution in [0.3, 0.4) is 0 Å². The first-order valence-electron chi connectivity index (χ1n) is 6.70. The maximum Gasteiger partial charge on any atom is 0.358 e. The fourth-order valence-electron chi connectivity index (χ4n) is 1.79. The van der Waals surface area contributed by atoms with Crippen LogP contribution < -0.4 is 10.1 Å². The first-order valence-corrected chi connectivity index (χ1v) is 6.70. The van der Waals surface area contributed by atoms with Crippen LogP contribution in [0.25, 0.3) is 0 Å². The summed E-state index contributed by atoms with van der Waals surface area (Å²) in [5, 5.41) is 18.5. The second-order valence-electron chi connectivity index (χ2n) is 4.46. The van der Waals surface area contributed by atoms with Crippen LogP contribution in [0.1, 0.15) is 23.0 Å². The molecule has 1 aromatic heterocycles. The van der Waals surface area contributed by atoms with Gasteiger partial charge in [0.15, 0.2) is 5.69 Å². The van der Waals surface area contributed by atoms with Crippen LogP contribution in [-0.2, 0) is 17.9 Å². The van der Waals surface area contributed by atoms with Gasteiger partial charge in [0.25, 0.3) is 0 Å². The number of nitrogens with zero attached hydrogens (tertiary/aromatic N) is 3. The fourth-order valence-corrected chi connectivity index (χ4v) is 1.79. The van der Waals surface area contributed by atoms with Gasteiger partial charge in [-0.1, -0.05) is 17.3 Å². The first kappa shape index (κ1) is 15.5. The molecule has 8 nitrogen and oxygen atoms in total. The van der Waals surface area contributed by atoms with Crippen molar-refractivity contribution in [1.82, 2.24) is 20.3 Å². The molecule has 22 heavy (non-hydrogen) atoms. The third-order valence-corrected chi connectivity index (χ3v) is 2.76. The minimum Gasteiger partial charge on any atom is -0.494 e. The number of carbonyl (C=O) groups excluding carboxylic acids is 1. The SMILES string of the molecule is CCOc1cccc(CNC(=O)Cn2cc(C(=O)O)nn2)c1. The second-order valence-corrected chi connectivity index (χ2v) is 4.46. The van der Waals surface area contributed by atoms with Gasteiger partial charge in [0, 0.05) is 6.54 Å². The summed E-state index contributed by atoms with van der Waals surface area (Å²) in [5.41, 5.74) is 0.710. The van der Waals surface area contributed by atoms with Gasteiger partial charge in [0.2, 0.25) is 5.91 Å². The molecule has 0 unspecified atom stereocenters. The van der Waals surface area contributed by atoms with Crippen LogP contribution in [0.5, 0.6) is 5.75 Å². The third-order valence-electron chi connectivity index (χ3n) is 2.76. The van der Waals surface area contributed by atoms with E-state index in [-0.39, 0.29) is 18.1 Å². The maximum absolute atomic E-state index is 11.8. The molecule has 0 atom stereocenters. The molecule has 0 saturated heterocycles. The monoisotopic (exact) mass is 304 g/mol. The van der Waals surface area contributed by atoms with Crippen molar-refractivity contribution in [1.29, 1.82) is 0 Å². The Balaban J connectivity index is 1.86. The Morgan fingerprint density at radius 1 is 1.41 bits per heavy atom. The van der Waals surface area contributed by atoms with Gasteiger partial charge in [-0.2, -0.15) is 0 Å². The van der Waals surface area contributed by atoms with E-state index in [0.717, 1.165) is 11.3 Å². The molecule has 0 fully saturated rings. The number of carboxylic acid groups (broad SMARTS) is 1. The quantitative estimate of drug-likeness (QED) is 0.779. The van der Waals surface area contributed by atoms with Gasteiger partial charge in [0.05, 0.1) is 12.8 Å². The number of ether oxygens (including phenoxy) is 1. The number of hydrogen-bond acceptors (Lipinski definition) is 5. The van der Waals surface area contributed by atoms with Gasteiger partial charge in [-0.25, -0.2) is 9.48 Å². The van der Waals surface area contributed by atoms with E-state index in [4.69, 9.17) is 9.84 Å². The zero-order chi connectivity index (χ0) is 15.9. The first-order chi connectivity index (χ1) is 10.6. The molecular formula is C14H16N4O4. The minimum absolute atomic E-state index is 0.0918. The highest BCUT2D eigenvalue weighted by molar-refractivity contribution is 5.84. The van der Waals surface area contributed by atoms with Gasteiger partial charge in [-0.15, -0.1) is 5.10 Å². The van der Waals surface area contributed by atoms with Crippen molar-refractivity contribution in [2.24, 2.45) is 0 Å². The summed E-state index contributed by atoms with van der Waals surface area (Å²) in [6, 6.07) is 7.42. The van der Waals surface area contributed by atoms with E-state index in [1.165, 1.54) is 10.9 Å². The molecule has 2 N–H and O–H groups in total. The van der Waals surface area contributed by atoms with E-state index in [9.17, 15) is 9.59 Å². The Kier molecular flexibility index (Phi) is 5.07. The molecule has 0 aliphatic carbocycles. The molecule has 2 rings (SSSR count). The molecule has 0 saturated carbocycles. The zero-order valence-corrected chi connectivity index (χ0v) is 12.0. The molecule has 116 valence electrons. The van der Waals surface area contributed by atoms with E-state index in [0.29, 0.717) is 13.2 Å². The van der Waals surface area contributed by atoms with Crippen molar-refractivity contribution in [2.45, 2.75) is 20.0 Å². The van der Waals surface area contributed by atoms with Crippen LogP contribution in [0.4, 0.5) is 0 Å². The van der Waals surface area contributed by atoms with E-state index < -0.39 is 5.97 Å². The molecule has 1 amide bonds. The van der Waals surface area contributed by atoms with Crippen molar-refractivity contribution < 1.29 is 19.4 Å². The summed E-state index contributed by atoms with van der Waals surface area (Å²) in [6.07, 6.45) is 1.21. The smallest absolute Gasteiger partial charge is 0.358 e. The standard InChI is InChI=1S/C14H16N4O4/c1-2-22-11-5-3-4-10(6-11)7-15-13(19)9-18-8-12(14(20)21)16-17-18/h3-6,8H,2,7,9H2,1H3,(H,15,19)(H,20,21). The second kappa shape index (κ2) is 7.21. The number of aromatic nitrogens is 3. The fraction of sp³-hybridized carbons (Fsp3) is 0.286. The van der Waals surface area contributed by atoms with Crippen molar-refractivity contribution in [3.05, 3.63) is 41.7 Å². The Hall–Kier alpha value is -2.90. The van der Waals surface area contributed by atoms with Crippen LogP contribution in [-0.4, -0.2) is 38.6 Å². The lowest BCUT2D eigenvalue weighted by molar-refractivity contribution is -0.122. The van der Waals surface area contributed by atoms with Gasteiger partial charge >= 0.3 is 5.97 Å². The summed E-state index contributed by atoms with van der Waals surface area (Å²) in [7, 11) is 0. The molecule has 8 heteroatoms. The topological polar surface area (TPSA) is 106 Å². The number of carboxylic acids is 1. The summed E-state index contributed by atoms with van der Waals surface area (Å²) in [4.78, 5) is 22.5. The average molecular weight is 304 g/mol. The Morgan fingerprint density at radius 3 is 2.91 bits per heavy atom. The van der Waals surface area contributed by atoms with Crippen molar-refractivity contribution in [2.75, 3.05) is 6.61 Å². The number of benzene rings is 1. The predicted molar refractivity (Wildman–Crippen MR) is 76.4 cm³/mol. The van der Waals surface area contributed by atoms with E-state index in [2.05, 4.69) is 15.6 Å². The maximum atomic E-state index is 11.8. The largest absolute Gasteiger partial charge is 0.494 e. The van der Waals surface area contributed by atoms with Crippen LogP contribution in [0, 0.1) is 0 Å². The molecule has 1 heterocycles. The summed E-state index contributed by atoms with van der Waals surface area (Å²) < 4.78 is 6.56. The third kappa shape index (κ3) is 4.30. The van der Waals surface area contributed by atoms with E-state index in [1.807, 2.05) is 31.2 Å². The molecule has 1 aromatic carbocycles. The van der Waals surface area contributed by atoms with E-state index >= 15 is 0 Å². The highest BCUT2D eigenvalue weighted by atomic mass is 16.5. The number of rotatable bonds is 7. The lowest BCUT2D eigenvalue weighted by Gasteiger charge is -2.07. The number of hydrogen-bond donors (Lipinski definition) is 2. The van der Waals surface area contributed by atoms with Crippen molar-refractivity contribution in [3.63, 3.8) is 0 Å². The lowest BCUT2D eigenvalue weighted by Crippen LogP contribution is -2.27. The predicted octanol–water partition coefficient (Wildman–Crippen LogP) is 0.691. The van der Waals surface area contributed by atoms with Crippen LogP contribution >= 0.6 is 0 Å². The Labute approximate surface area is 126 Å². The van der Waals surface area contributed by atoms with Crippen LogP contribution in [0.15, 0.2) is 30.5 Å². The van der Waals surface area contributed by atoms with Gasteiger partial charge in [-0.3, -0.25) is 4.79 Å². The molecule has 0 aliphatic rings. The Bertz CT molecular complexity index is 668. The molecule has 0 aliphatic heterocycles. The number of nitrogens with one attached hydrogen (secondary N) is 1. The van der Waals surface area contributed by atoms with Gasteiger partial charge < -0.3 is 15.2 Å². The Morgan fingerprint density at radius 2 is 2.23 bits per heavy atom. The molecular weight excluding hydrogens is 288 g/mol. The number of carbonyl (C=O) groups is 2. The van der Waals surface area contributed by atoms with Gasteiger partial charge in [0.1, 0.15) is 12.3 Å². The summed E-state index contributed by atoms with van der Waals surface area (Å²) >= 11 is 0. The molecule has 2 aromatic rings. The highest BCUT2D eigenvalue weighted by Crippen LogP contribution is 2.12. The zero-order valence-electron chi connectivity index (χ0n) is 12.0. The van der Waals surface area contributed by atoms with Gasteiger partial charge in [-0.05, 0) is 24.6 Å².